The number of pyridine rings is 1. The standard InChI is InChI=1S/C12H16N2O2/c1-8-9(6-12(15)16)5-10-7-14(2)4-3-11(10)13-8/h5H,3-4,6-7H2,1-2H3,(H,15,16). The Bertz CT molecular complexity index is 429. The highest BCUT2D eigenvalue weighted by Gasteiger charge is 2.17. The summed E-state index contributed by atoms with van der Waals surface area (Å²) in [4.78, 5) is 17.5. The Morgan fingerprint density at radius 3 is 3.06 bits per heavy atom. The largest absolute Gasteiger partial charge is 0.481 e. The van der Waals surface area contributed by atoms with E-state index < -0.39 is 5.97 Å². The number of aromatic nitrogens is 1. The van der Waals surface area contributed by atoms with Gasteiger partial charge in [-0.2, -0.15) is 0 Å². The average Bonchev–Trinajstić information content (AvgIpc) is 2.19. The lowest BCUT2D eigenvalue weighted by molar-refractivity contribution is -0.136. The molecule has 1 aromatic heterocycles. The van der Waals surface area contributed by atoms with Crippen LogP contribution in [-0.4, -0.2) is 34.6 Å². The van der Waals surface area contributed by atoms with Crippen LogP contribution in [0.5, 0.6) is 0 Å². The number of carboxylic acid groups (broad SMARTS) is 1. The normalized spacial score (nSPS) is 15.9. The zero-order valence-corrected chi connectivity index (χ0v) is 9.66. The maximum atomic E-state index is 10.7. The van der Waals surface area contributed by atoms with Gasteiger partial charge in [-0.1, -0.05) is 6.07 Å². The number of carboxylic acids is 1. The molecule has 0 fully saturated rings. The number of carbonyl (C=O) groups is 1. The van der Waals surface area contributed by atoms with Crippen LogP contribution in [0.1, 0.15) is 22.5 Å². The molecule has 0 saturated carbocycles. The predicted molar refractivity (Wildman–Crippen MR) is 60.4 cm³/mol. The average molecular weight is 220 g/mol. The van der Waals surface area contributed by atoms with E-state index in [9.17, 15) is 4.79 Å². The smallest absolute Gasteiger partial charge is 0.307 e. The van der Waals surface area contributed by atoms with Gasteiger partial charge in [-0.15, -0.1) is 0 Å². The maximum Gasteiger partial charge on any atom is 0.307 e. The van der Waals surface area contributed by atoms with E-state index in [1.165, 1.54) is 5.56 Å². The van der Waals surface area contributed by atoms with E-state index in [4.69, 9.17) is 5.11 Å². The van der Waals surface area contributed by atoms with Gasteiger partial charge in [0.1, 0.15) is 0 Å². The van der Waals surface area contributed by atoms with Gasteiger partial charge in [0.05, 0.1) is 6.42 Å². The second kappa shape index (κ2) is 4.22. The van der Waals surface area contributed by atoms with E-state index in [2.05, 4.69) is 16.9 Å². The van der Waals surface area contributed by atoms with E-state index in [0.29, 0.717) is 0 Å². The quantitative estimate of drug-likeness (QED) is 0.808. The molecule has 0 bridgehead atoms. The summed E-state index contributed by atoms with van der Waals surface area (Å²) >= 11 is 0. The zero-order valence-electron chi connectivity index (χ0n) is 9.66. The van der Waals surface area contributed by atoms with E-state index in [-0.39, 0.29) is 6.42 Å². The molecule has 0 unspecified atom stereocenters. The summed E-state index contributed by atoms with van der Waals surface area (Å²) in [6.45, 7) is 3.78. The highest BCUT2D eigenvalue weighted by Crippen LogP contribution is 2.19. The third-order valence-electron chi connectivity index (χ3n) is 3.00. The van der Waals surface area contributed by atoms with Gasteiger partial charge >= 0.3 is 5.97 Å². The Kier molecular flexibility index (Phi) is 2.92. The number of aryl methyl sites for hydroxylation is 1. The van der Waals surface area contributed by atoms with Gasteiger partial charge in [0, 0.05) is 30.9 Å². The Labute approximate surface area is 94.9 Å². The first-order valence-corrected chi connectivity index (χ1v) is 5.45. The molecule has 0 saturated heterocycles. The van der Waals surface area contributed by atoms with Gasteiger partial charge in [0.2, 0.25) is 0 Å². The SMILES string of the molecule is Cc1nc2c(cc1CC(=O)O)CN(C)CC2. The first-order valence-electron chi connectivity index (χ1n) is 5.45. The van der Waals surface area contributed by atoms with Crippen molar-refractivity contribution in [1.29, 1.82) is 0 Å². The van der Waals surface area contributed by atoms with E-state index in [0.717, 1.165) is 36.5 Å². The van der Waals surface area contributed by atoms with Crippen LogP contribution in [0.3, 0.4) is 0 Å². The summed E-state index contributed by atoms with van der Waals surface area (Å²) in [6, 6.07) is 2.00. The fraction of sp³-hybridized carbons (Fsp3) is 0.500. The van der Waals surface area contributed by atoms with Gasteiger partial charge in [-0.3, -0.25) is 9.78 Å². The molecule has 1 aromatic rings. The van der Waals surface area contributed by atoms with Gasteiger partial charge in [0.15, 0.2) is 0 Å². The maximum absolute atomic E-state index is 10.7. The van der Waals surface area contributed by atoms with Crippen LogP contribution in [0.2, 0.25) is 0 Å². The first-order chi connectivity index (χ1) is 7.56. The van der Waals surface area contributed by atoms with E-state index in [1.54, 1.807) is 0 Å². The number of aliphatic carboxylic acids is 1. The van der Waals surface area contributed by atoms with Crippen LogP contribution in [0, 0.1) is 6.92 Å². The highest BCUT2D eigenvalue weighted by molar-refractivity contribution is 5.70. The molecule has 1 aliphatic rings. The highest BCUT2D eigenvalue weighted by atomic mass is 16.4. The Hall–Kier alpha value is -1.42. The van der Waals surface area contributed by atoms with Crippen LogP contribution in [0.4, 0.5) is 0 Å². The molecular weight excluding hydrogens is 204 g/mol. The molecule has 2 heterocycles. The minimum atomic E-state index is -0.797. The molecule has 16 heavy (non-hydrogen) atoms. The molecule has 0 atom stereocenters. The fourth-order valence-corrected chi connectivity index (χ4v) is 2.11. The number of hydrogen-bond acceptors (Lipinski definition) is 3. The summed E-state index contributed by atoms with van der Waals surface area (Å²) in [5, 5.41) is 8.81. The lowest BCUT2D eigenvalue weighted by atomic mass is 10.0. The van der Waals surface area contributed by atoms with Crippen LogP contribution < -0.4 is 0 Å². The number of likely N-dealkylation sites (N-methyl/N-ethyl adjacent to an activating group) is 1. The number of fused-ring (bicyclic) bond motifs is 1. The molecule has 0 aliphatic carbocycles. The monoisotopic (exact) mass is 220 g/mol. The lowest BCUT2D eigenvalue weighted by Crippen LogP contribution is -2.27. The van der Waals surface area contributed by atoms with Crippen LogP contribution in [-0.2, 0) is 24.2 Å². The third-order valence-corrected chi connectivity index (χ3v) is 3.00. The van der Waals surface area contributed by atoms with Gasteiger partial charge < -0.3 is 10.0 Å². The second-order valence-electron chi connectivity index (χ2n) is 4.40. The van der Waals surface area contributed by atoms with Crippen molar-refractivity contribution in [3.05, 3.63) is 28.6 Å². The van der Waals surface area contributed by atoms with E-state index >= 15 is 0 Å². The second-order valence-corrected chi connectivity index (χ2v) is 4.40. The van der Waals surface area contributed by atoms with Crippen molar-refractivity contribution >= 4 is 5.97 Å². The third kappa shape index (κ3) is 2.22. The van der Waals surface area contributed by atoms with Gasteiger partial charge in [-0.05, 0) is 25.1 Å². The van der Waals surface area contributed by atoms with Crippen molar-refractivity contribution < 1.29 is 9.90 Å². The van der Waals surface area contributed by atoms with Gasteiger partial charge in [-0.25, -0.2) is 0 Å². The Balaban J connectivity index is 2.35. The molecule has 1 N–H and O–H groups in total. The predicted octanol–water partition coefficient (Wildman–Crippen LogP) is 1.01. The molecule has 4 heteroatoms. The summed E-state index contributed by atoms with van der Waals surface area (Å²) in [5.74, 6) is -0.797. The minimum absolute atomic E-state index is 0.0653. The van der Waals surface area contributed by atoms with Crippen molar-refractivity contribution in [2.75, 3.05) is 13.6 Å². The van der Waals surface area contributed by atoms with Crippen LogP contribution in [0.25, 0.3) is 0 Å². The van der Waals surface area contributed by atoms with Crippen LogP contribution in [0.15, 0.2) is 6.07 Å². The minimum Gasteiger partial charge on any atom is -0.481 e. The zero-order chi connectivity index (χ0) is 11.7. The van der Waals surface area contributed by atoms with Crippen molar-refractivity contribution in [2.24, 2.45) is 0 Å². The Morgan fingerprint density at radius 2 is 2.38 bits per heavy atom. The molecule has 86 valence electrons. The molecular formula is C12H16N2O2. The van der Waals surface area contributed by atoms with E-state index in [1.807, 2.05) is 13.0 Å². The molecule has 1 aliphatic heterocycles. The molecule has 0 aromatic carbocycles. The summed E-state index contributed by atoms with van der Waals surface area (Å²) in [5.41, 5.74) is 3.99. The van der Waals surface area contributed by atoms with Crippen molar-refractivity contribution in [1.82, 2.24) is 9.88 Å². The number of nitrogens with zero attached hydrogens (tertiary/aromatic N) is 2. The topological polar surface area (TPSA) is 53.4 Å². The molecule has 4 nitrogen and oxygen atoms in total. The fourth-order valence-electron chi connectivity index (χ4n) is 2.11. The first kappa shape index (κ1) is 11.1. The van der Waals surface area contributed by atoms with Gasteiger partial charge in [0.25, 0.3) is 0 Å². The van der Waals surface area contributed by atoms with Crippen molar-refractivity contribution in [2.45, 2.75) is 26.3 Å². The van der Waals surface area contributed by atoms with Crippen molar-refractivity contribution in [3.63, 3.8) is 0 Å². The van der Waals surface area contributed by atoms with Crippen molar-refractivity contribution in [3.8, 4) is 0 Å². The molecule has 2 rings (SSSR count). The lowest BCUT2D eigenvalue weighted by Gasteiger charge is -2.25. The number of hydrogen-bond donors (Lipinski definition) is 1. The Morgan fingerprint density at radius 1 is 1.62 bits per heavy atom. The summed E-state index contributed by atoms with van der Waals surface area (Å²) < 4.78 is 0. The van der Waals surface area contributed by atoms with Crippen LogP contribution >= 0.6 is 0 Å². The summed E-state index contributed by atoms with van der Waals surface area (Å²) in [7, 11) is 2.07. The molecule has 0 radical (unpaired) electrons. The summed E-state index contributed by atoms with van der Waals surface area (Å²) in [6.07, 6.45) is 1.02. The number of rotatable bonds is 2. The molecule has 0 amide bonds. The molecule has 0 spiro atoms.